The fraction of sp³-hybridized carbons (Fsp3) is 0.538. The number of benzene rings is 1. The number of hydrogen-bond acceptors (Lipinski definition) is 1. The fourth-order valence-corrected chi connectivity index (χ4v) is 1.73. The first-order valence-electron chi connectivity index (χ1n) is 5.16. The number of aliphatic hydroxyl groups is 1. The SMILES string of the molecule is Cc1cc(C(C)C)ccc1C(C)(C)O. The van der Waals surface area contributed by atoms with Crippen molar-refractivity contribution in [1.29, 1.82) is 0 Å². The van der Waals surface area contributed by atoms with Gasteiger partial charge in [0.15, 0.2) is 0 Å². The van der Waals surface area contributed by atoms with Gasteiger partial charge in [-0.2, -0.15) is 0 Å². The smallest absolute Gasteiger partial charge is 0.0843 e. The number of hydrogen-bond donors (Lipinski definition) is 1. The average molecular weight is 192 g/mol. The van der Waals surface area contributed by atoms with Crippen LogP contribution in [0, 0.1) is 6.92 Å². The minimum absolute atomic E-state index is 0.546. The molecular formula is C13H20O. The summed E-state index contributed by atoms with van der Waals surface area (Å²) in [6, 6.07) is 6.30. The predicted molar refractivity (Wildman–Crippen MR) is 60.5 cm³/mol. The lowest BCUT2D eigenvalue weighted by Crippen LogP contribution is -2.17. The molecule has 78 valence electrons. The van der Waals surface area contributed by atoms with Gasteiger partial charge in [0, 0.05) is 0 Å². The molecule has 0 aliphatic rings. The second-order valence-corrected chi connectivity index (χ2v) is 4.79. The number of rotatable bonds is 2. The zero-order chi connectivity index (χ0) is 10.9. The predicted octanol–water partition coefficient (Wildman–Crippen LogP) is 3.35. The molecule has 0 amide bonds. The average Bonchev–Trinajstić information content (AvgIpc) is 2.01. The Labute approximate surface area is 86.8 Å². The summed E-state index contributed by atoms with van der Waals surface area (Å²) in [4.78, 5) is 0. The van der Waals surface area contributed by atoms with Crippen molar-refractivity contribution in [3.63, 3.8) is 0 Å². The van der Waals surface area contributed by atoms with Gasteiger partial charge in [0.05, 0.1) is 5.60 Å². The molecule has 0 aromatic heterocycles. The first-order valence-corrected chi connectivity index (χ1v) is 5.16. The largest absolute Gasteiger partial charge is 0.386 e. The Kier molecular flexibility index (Phi) is 3.01. The van der Waals surface area contributed by atoms with E-state index in [1.165, 1.54) is 11.1 Å². The van der Waals surface area contributed by atoms with Crippen molar-refractivity contribution < 1.29 is 5.11 Å². The Morgan fingerprint density at radius 3 is 2.14 bits per heavy atom. The van der Waals surface area contributed by atoms with Crippen LogP contribution in [0.3, 0.4) is 0 Å². The van der Waals surface area contributed by atoms with E-state index in [2.05, 4.69) is 32.9 Å². The third-order valence-electron chi connectivity index (χ3n) is 2.58. The highest BCUT2D eigenvalue weighted by molar-refractivity contribution is 5.35. The summed E-state index contributed by atoms with van der Waals surface area (Å²) in [7, 11) is 0. The molecule has 0 aliphatic carbocycles. The molecule has 0 atom stereocenters. The molecule has 1 aromatic rings. The lowest BCUT2D eigenvalue weighted by molar-refractivity contribution is 0.0779. The van der Waals surface area contributed by atoms with Crippen molar-refractivity contribution in [3.05, 3.63) is 34.9 Å². The van der Waals surface area contributed by atoms with Crippen LogP contribution in [0.15, 0.2) is 18.2 Å². The third kappa shape index (κ3) is 2.36. The van der Waals surface area contributed by atoms with Crippen LogP contribution in [0.4, 0.5) is 0 Å². The van der Waals surface area contributed by atoms with Crippen molar-refractivity contribution in [2.45, 2.75) is 46.1 Å². The second-order valence-electron chi connectivity index (χ2n) is 4.79. The van der Waals surface area contributed by atoms with Gasteiger partial charge in [-0.3, -0.25) is 0 Å². The van der Waals surface area contributed by atoms with Gasteiger partial charge >= 0.3 is 0 Å². The van der Waals surface area contributed by atoms with Gasteiger partial charge in [-0.1, -0.05) is 32.0 Å². The number of aryl methyl sites for hydroxylation is 1. The fourth-order valence-electron chi connectivity index (χ4n) is 1.73. The van der Waals surface area contributed by atoms with E-state index in [1.807, 2.05) is 19.9 Å². The van der Waals surface area contributed by atoms with Gasteiger partial charge in [0.2, 0.25) is 0 Å². The molecule has 0 radical (unpaired) electrons. The first-order chi connectivity index (χ1) is 6.32. The van der Waals surface area contributed by atoms with Crippen LogP contribution in [0.5, 0.6) is 0 Å². The lowest BCUT2D eigenvalue weighted by atomic mass is 9.90. The maximum atomic E-state index is 9.90. The van der Waals surface area contributed by atoms with Crippen LogP contribution in [0.2, 0.25) is 0 Å². The molecule has 0 unspecified atom stereocenters. The third-order valence-corrected chi connectivity index (χ3v) is 2.58. The van der Waals surface area contributed by atoms with E-state index in [0.717, 1.165) is 5.56 Å². The highest BCUT2D eigenvalue weighted by Gasteiger charge is 2.18. The Hall–Kier alpha value is -0.820. The van der Waals surface area contributed by atoms with Gasteiger partial charge in [0.25, 0.3) is 0 Å². The van der Waals surface area contributed by atoms with Crippen molar-refractivity contribution in [3.8, 4) is 0 Å². The Morgan fingerprint density at radius 1 is 1.21 bits per heavy atom. The van der Waals surface area contributed by atoms with Crippen molar-refractivity contribution >= 4 is 0 Å². The van der Waals surface area contributed by atoms with E-state index in [9.17, 15) is 5.11 Å². The molecule has 1 N–H and O–H groups in total. The lowest BCUT2D eigenvalue weighted by Gasteiger charge is -2.21. The van der Waals surface area contributed by atoms with Gasteiger partial charge in [0.1, 0.15) is 0 Å². The van der Waals surface area contributed by atoms with E-state index in [1.54, 1.807) is 0 Å². The highest BCUT2D eigenvalue weighted by Crippen LogP contribution is 2.26. The Morgan fingerprint density at radius 2 is 1.79 bits per heavy atom. The molecule has 0 spiro atoms. The quantitative estimate of drug-likeness (QED) is 0.762. The maximum Gasteiger partial charge on any atom is 0.0843 e. The van der Waals surface area contributed by atoms with Gasteiger partial charge in [-0.15, -0.1) is 0 Å². The summed E-state index contributed by atoms with van der Waals surface area (Å²) in [6.07, 6.45) is 0. The van der Waals surface area contributed by atoms with Crippen molar-refractivity contribution in [1.82, 2.24) is 0 Å². The topological polar surface area (TPSA) is 20.2 Å². The molecule has 0 saturated carbocycles. The summed E-state index contributed by atoms with van der Waals surface area (Å²) in [5.41, 5.74) is 2.78. The van der Waals surface area contributed by atoms with E-state index in [4.69, 9.17) is 0 Å². The normalized spacial score (nSPS) is 12.2. The van der Waals surface area contributed by atoms with Crippen LogP contribution in [-0.4, -0.2) is 5.11 Å². The van der Waals surface area contributed by atoms with E-state index in [0.29, 0.717) is 5.92 Å². The Balaban J connectivity index is 3.15. The van der Waals surface area contributed by atoms with Crippen LogP contribution >= 0.6 is 0 Å². The molecule has 0 aliphatic heterocycles. The van der Waals surface area contributed by atoms with Gasteiger partial charge < -0.3 is 5.11 Å². The molecule has 1 aromatic carbocycles. The highest BCUT2D eigenvalue weighted by atomic mass is 16.3. The van der Waals surface area contributed by atoms with Crippen LogP contribution in [0.25, 0.3) is 0 Å². The van der Waals surface area contributed by atoms with Crippen LogP contribution in [-0.2, 0) is 5.60 Å². The zero-order valence-corrected chi connectivity index (χ0v) is 9.76. The molecule has 0 fully saturated rings. The second kappa shape index (κ2) is 3.74. The molecule has 0 saturated heterocycles. The summed E-state index contributed by atoms with van der Waals surface area (Å²) in [5, 5.41) is 9.90. The standard InChI is InChI=1S/C13H20O/c1-9(2)11-6-7-12(10(3)8-11)13(4,5)14/h6-9,14H,1-5H3. The molecule has 1 nitrogen and oxygen atoms in total. The van der Waals surface area contributed by atoms with E-state index in [-0.39, 0.29) is 0 Å². The van der Waals surface area contributed by atoms with E-state index < -0.39 is 5.60 Å². The summed E-state index contributed by atoms with van der Waals surface area (Å²) in [5.74, 6) is 0.546. The minimum Gasteiger partial charge on any atom is -0.386 e. The molecule has 14 heavy (non-hydrogen) atoms. The van der Waals surface area contributed by atoms with Gasteiger partial charge in [-0.05, 0) is 43.4 Å². The molecule has 1 heteroatoms. The van der Waals surface area contributed by atoms with Crippen molar-refractivity contribution in [2.75, 3.05) is 0 Å². The molecule has 1 rings (SSSR count). The summed E-state index contributed by atoms with van der Waals surface area (Å²) >= 11 is 0. The maximum absolute atomic E-state index is 9.90. The van der Waals surface area contributed by atoms with E-state index >= 15 is 0 Å². The molecular weight excluding hydrogens is 172 g/mol. The zero-order valence-electron chi connectivity index (χ0n) is 9.76. The van der Waals surface area contributed by atoms with Crippen molar-refractivity contribution in [2.24, 2.45) is 0 Å². The molecule has 0 bridgehead atoms. The molecule has 0 heterocycles. The van der Waals surface area contributed by atoms with Gasteiger partial charge in [-0.25, -0.2) is 0 Å². The summed E-state index contributed by atoms with van der Waals surface area (Å²) < 4.78 is 0. The summed E-state index contributed by atoms with van der Waals surface area (Å²) in [6.45, 7) is 10.1. The monoisotopic (exact) mass is 192 g/mol. The van der Waals surface area contributed by atoms with Crippen LogP contribution < -0.4 is 0 Å². The minimum atomic E-state index is -0.737. The van der Waals surface area contributed by atoms with Crippen LogP contribution in [0.1, 0.15) is 50.3 Å². The Bertz CT molecular complexity index is 318. The first kappa shape index (κ1) is 11.3.